The first-order valence-corrected chi connectivity index (χ1v) is 12.2. The molecule has 3 aromatic heterocycles. The molecule has 1 N–H and O–H groups in total. The predicted octanol–water partition coefficient (Wildman–Crippen LogP) is 3.84. The molecule has 2 aliphatic heterocycles. The lowest BCUT2D eigenvalue weighted by molar-refractivity contribution is 0.00905. The van der Waals surface area contributed by atoms with Crippen LogP contribution in [0.4, 0.5) is 5.82 Å². The molecular formula is C23H28ClN5O4S. The maximum Gasteiger partial charge on any atom is 0.341 e. The first-order valence-electron chi connectivity index (χ1n) is 11.4. The number of fused-ring (bicyclic) bond motifs is 1. The van der Waals surface area contributed by atoms with E-state index in [4.69, 9.17) is 9.72 Å². The fraction of sp³-hybridized carbons (Fsp3) is 0.522. The Morgan fingerprint density at radius 1 is 1.29 bits per heavy atom. The van der Waals surface area contributed by atoms with Crippen molar-refractivity contribution >= 4 is 46.8 Å². The van der Waals surface area contributed by atoms with Crippen LogP contribution in [0, 0.1) is 12.8 Å². The van der Waals surface area contributed by atoms with Crippen molar-refractivity contribution in [3.63, 3.8) is 0 Å². The quantitative estimate of drug-likeness (QED) is 0.515. The summed E-state index contributed by atoms with van der Waals surface area (Å²) in [4.78, 5) is 35.8. The fourth-order valence-electron chi connectivity index (χ4n) is 4.82. The lowest BCUT2D eigenvalue weighted by Crippen LogP contribution is -2.47. The molecule has 2 aliphatic rings. The highest BCUT2D eigenvalue weighted by atomic mass is 35.5. The maximum absolute atomic E-state index is 12.9. The van der Waals surface area contributed by atoms with Crippen LogP contribution in [0.2, 0.25) is 0 Å². The molecule has 0 aromatic carbocycles. The molecule has 34 heavy (non-hydrogen) atoms. The van der Waals surface area contributed by atoms with Crippen LogP contribution in [0.25, 0.3) is 16.2 Å². The first-order chi connectivity index (χ1) is 16.0. The van der Waals surface area contributed by atoms with Gasteiger partial charge in [0.2, 0.25) is 10.6 Å². The Balaban J connectivity index is 0.00000274. The van der Waals surface area contributed by atoms with Crippen LogP contribution in [0.5, 0.6) is 0 Å². The predicted molar refractivity (Wildman–Crippen MR) is 133 cm³/mol. The summed E-state index contributed by atoms with van der Waals surface area (Å²) in [6.07, 6.45) is 10.3. The number of aromatic nitrogens is 4. The summed E-state index contributed by atoms with van der Waals surface area (Å²) in [6.45, 7) is 4.59. The standard InChI is InChI=1S/C23H27N5O4S.ClH/c1-14-9-18(27-10-15(11-27)5-4-7-16-6-2-3-8-32-16)26-21-19(14)20(29)17(22(30)31)12-28(21)23-24-13-25-33-23;/h9,12-13,15-16H,2-8,10-11H2,1H3,(H,30,31);1H. The number of nitrogens with zero attached hydrogens (tertiary/aromatic N) is 5. The van der Waals surface area contributed by atoms with E-state index < -0.39 is 11.4 Å². The number of hydrogen-bond donors (Lipinski definition) is 1. The Labute approximate surface area is 207 Å². The highest BCUT2D eigenvalue weighted by Gasteiger charge is 2.29. The minimum atomic E-state index is -1.27. The number of anilines is 1. The van der Waals surface area contributed by atoms with Gasteiger partial charge in [-0.1, -0.05) is 6.42 Å². The summed E-state index contributed by atoms with van der Waals surface area (Å²) in [5.41, 5.74) is 0.288. The molecule has 182 valence electrons. The Morgan fingerprint density at radius 2 is 2.12 bits per heavy atom. The van der Waals surface area contributed by atoms with Gasteiger partial charge in [-0.3, -0.25) is 9.36 Å². The highest BCUT2D eigenvalue weighted by molar-refractivity contribution is 7.08. The van der Waals surface area contributed by atoms with E-state index in [1.165, 1.54) is 44.6 Å². The highest BCUT2D eigenvalue weighted by Crippen LogP contribution is 2.30. The maximum atomic E-state index is 12.9. The number of ether oxygens (including phenoxy) is 1. The number of aryl methyl sites for hydroxylation is 1. The minimum absolute atomic E-state index is 0. The lowest BCUT2D eigenvalue weighted by Gasteiger charge is -2.40. The van der Waals surface area contributed by atoms with Gasteiger partial charge < -0.3 is 14.7 Å². The molecule has 0 aliphatic carbocycles. The second kappa shape index (κ2) is 10.4. The van der Waals surface area contributed by atoms with E-state index in [1.54, 1.807) is 4.57 Å². The summed E-state index contributed by atoms with van der Waals surface area (Å²) < 4.78 is 11.4. The van der Waals surface area contributed by atoms with Gasteiger partial charge in [0.1, 0.15) is 17.7 Å². The van der Waals surface area contributed by atoms with Crippen molar-refractivity contribution in [2.24, 2.45) is 5.92 Å². The normalized spacial score (nSPS) is 18.5. The molecule has 3 aromatic rings. The molecule has 9 nitrogen and oxygen atoms in total. The molecule has 2 saturated heterocycles. The monoisotopic (exact) mass is 505 g/mol. The van der Waals surface area contributed by atoms with Crippen LogP contribution in [-0.2, 0) is 4.74 Å². The zero-order chi connectivity index (χ0) is 22.9. The Bertz CT molecular complexity index is 1220. The molecule has 0 saturated carbocycles. The van der Waals surface area contributed by atoms with Gasteiger partial charge in [-0.2, -0.15) is 4.37 Å². The summed E-state index contributed by atoms with van der Waals surface area (Å²) >= 11 is 1.12. The van der Waals surface area contributed by atoms with Crippen molar-refractivity contribution < 1.29 is 14.6 Å². The smallest absolute Gasteiger partial charge is 0.341 e. The molecule has 0 spiro atoms. The molecule has 5 heterocycles. The van der Waals surface area contributed by atoms with Crippen molar-refractivity contribution in [1.82, 2.24) is 18.9 Å². The minimum Gasteiger partial charge on any atom is -0.477 e. The van der Waals surface area contributed by atoms with Crippen molar-refractivity contribution in [1.29, 1.82) is 0 Å². The van der Waals surface area contributed by atoms with Gasteiger partial charge in [0, 0.05) is 37.4 Å². The topological polar surface area (TPSA) is 110 Å². The van der Waals surface area contributed by atoms with Crippen LogP contribution in [0.1, 0.15) is 54.4 Å². The molecule has 2 fully saturated rings. The molecule has 0 amide bonds. The van der Waals surface area contributed by atoms with Crippen LogP contribution >= 0.6 is 23.9 Å². The molecule has 0 bridgehead atoms. The number of hydrogen-bond acceptors (Lipinski definition) is 8. The number of carboxylic acid groups (broad SMARTS) is 1. The van der Waals surface area contributed by atoms with Gasteiger partial charge in [0.05, 0.1) is 11.5 Å². The summed E-state index contributed by atoms with van der Waals surface area (Å²) in [5, 5.41) is 10.3. The first kappa shape index (κ1) is 24.6. The number of carboxylic acids is 1. The fourth-order valence-corrected chi connectivity index (χ4v) is 5.33. The largest absolute Gasteiger partial charge is 0.477 e. The van der Waals surface area contributed by atoms with E-state index in [2.05, 4.69) is 14.3 Å². The van der Waals surface area contributed by atoms with Crippen molar-refractivity contribution in [3.8, 4) is 5.13 Å². The SMILES string of the molecule is Cc1cc(N2CC(CCCC3CCCCO3)C2)nc2c1c(=O)c(C(=O)O)cn2-c1ncns1.Cl. The summed E-state index contributed by atoms with van der Waals surface area (Å²) in [6, 6.07) is 1.88. The third kappa shape index (κ3) is 4.80. The van der Waals surface area contributed by atoms with Gasteiger partial charge >= 0.3 is 5.97 Å². The van der Waals surface area contributed by atoms with Crippen LogP contribution < -0.4 is 10.3 Å². The van der Waals surface area contributed by atoms with Gasteiger partial charge in [0.25, 0.3) is 0 Å². The zero-order valence-corrected chi connectivity index (χ0v) is 20.6. The third-order valence-electron chi connectivity index (χ3n) is 6.62. The lowest BCUT2D eigenvalue weighted by atomic mass is 9.92. The van der Waals surface area contributed by atoms with Crippen LogP contribution in [0.3, 0.4) is 0 Å². The van der Waals surface area contributed by atoms with Gasteiger partial charge in [-0.05, 0) is 56.6 Å². The van der Waals surface area contributed by atoms with E-state index in [0.717, 1.165) is 43.5 Å². The molecule has 1 atom stereocenters. The number of pyridine rings is 2. The second-order valence-corrected chi connectivity index (χ2v) is 9.72. The summed E-state index contributed by atoms with van der Waals surface area (Å²) in [7, 11) is 0. The number of halogens is 1. The number of carbonyl (C=O) groups is 1. The van der Waals surface area contributed by atoms with Gasteiger partial charge in [-0.25, -0.2) is 14.8 Å². The van der Waals surface area contributed by atoms with Crippen molar-refractivity contribution in [3.05, 3.63) is 39.9 Å². The Hall–Kier alpha value is -2.56. The molecular weight excluding hydrogens is 478 g/mol. The van der Waals surface area contributed by atoms with E-state index in [0.29, 0.717) is 33.8 Å². The van der Waals surface area contributed by atoms with Gasteiger partial charge in [-0.15, -0.1) is 12.4 Å². The van der Waals surface area contributed by atoms with E-state index in [-0.39, 0.29) is 18.0 Å². The van der Waals surface area contributed by atoms with Crippen molar-refractivity contribution in [2.75, 3.05) is 24.6 Å². The molecule has 0 radical (unpaired) electrons. The van der Waals surface area contributed by atoms with E-state index >= 15 is 0 Å². The Morgan fingerprint density at radius 3 is 2.79 bits per heavy atom. The van der Waals surface area contributed by atoms with Crippen LogP contribution in [0.15, 0.2) is 23.4 Å². The molecule has 11 heteroatoms. The second-order valence-electron chi connectivity index (χ2n) is 8.96. The zero-order valence-electron chi connectivity index (χ0n) is 19.0. The average molecular weight is 506 g/mol. The average Bonchev–Trinajstić information content (AvgIpc) is 3.30. The van der Waals surface area contributed by atoms with E-state index in [9.17, 15) is 14.7 Å². The van der Waals surface area contributed by atoms with Gasteiger partial charge in [0.15, 0.2) is 5.65 Å². The molecule has 1 unspecified atom stereocenters. The summed E-state index contributed by atoms with van der Waals surface area (Å²) in [5.74, 6) is 0.159. The third-order valence-corrected chi connectivity index (χ3v) is 7.29. The van der Waals surface area contributed by atoms with Crippen LogP contribution in [-0.4, -0.2) is 55.8 Å². The molecule has 5 rings (SSSR count). The van der Waals surface area contributed by atoms with E-state index in [1.807, 2.05) is 13.0 Å². The van der Waals surface area contributed by atoms with Crippen molar-refractivity contribution in [2.45, 2.75) is 51.6 Å². The number of aromatic carboxylic acids is 1. The number of rotatable bonds is 7. The Kier molecular flexibility index (Phi) is 7.49.